The minimum atomic E-state index is -0.984. The number of carboxylic acids is 1. The van der Waals surface area contributed by atoms with Crippen LogP contribution in [-0.4, -0.2) is 22.7 Å². The lowest BCUT2D eigenvalue weighted by Gasteiger charge is -1.94. The van der Waals surface area contributed by atoms with Crippen LogP contribution in [0.2, 0.25) is 0 Å². The number of nitrogens with zero attached hydrogens (tertiary/aromatic N) is 1. The largest absolute Gasteiger partial charge is 0.476 e. The molecule has 0 radical (unpaired) electrons. The smallest absolute Gasteiger partial charge is 0.365 e. The number of aromatic carboxylic acids is 1. The first-order chi connectivity index (χ1) is 5.74. The second-order valence-corrected chi connectivity index (χ2v) is 2.94. The van der Waals surface area contributed by atoms with E-state index in [-0.39, 0.29) is 5.01 Å². The van der Waals surface area contributed by atoms with Crippen LogP contribution in [0, 0.1) is 0 Å². The van der Waals surface area contributed by atoms with Gasteiger partial charge < -0.3 is 9.84 Å². The monoisotopic (exact) mass is 187 g/mol. The molecule has 0 atom stereocenters. The Morgan fingerprint density at radius 3 is 3.08 bits per heavy atom. The summed E-state index contributed by atoms with van der Waals surface area (Å²) >= 11 is 1.12. The summed E-state index contributed by atoms with van der Waals surface area (Å²) in [6.45, 7) is 2.88. The number of carbonyl (C=O) groups is 1. The van der Waals surface area contributed by atoms with Gasteiger partial charge in [-0.3, -0.25) is 0 Å². The van der Waals surface area contributed by atoms with Crippen molar-refractivity contribution in [1.29, 1.82) is 0 Å². The molecule has 1 N–H and O–H groups in total. The number of thiazole rings is 1. The molecule has 0 spiro atoms. The van der Waals surface area contributed by atoms with Crippen LogP contribution in [0.5, 0.6) is 0 Å². The molecule has 0 unspecified atom stereocenters. The van der Waals surface area contributed by atoms with Crippen molar-refractivity contribution < 1.29 is 14.6 Å². The minimum Gasteiger partial charge on any atom is -0.476 e. The van der Waals surface area contributed by atoms with Gasteiger partial charge in [0.05, 0.1) is 12.3 Å². The van der Waals surface area contributed by atoms with E-state index in [1.54, 1.807) is 5.38 Å². The molecule has 0 aliphatic carbocycles. The maximum Gasteiger partial charge on any atom is 0.365 e. The highest BCUT2D eigenvalue weighted by molar-refractivity contribution is 7.11. The van der Waals surface area contributed by atoms with Crippen LogP contribution in [0.4, 0.5) is 0 Å². The van der Waals surface area contributed by atoms with Crippen molar-refractivity contribution in [3.63, 3.8) is 0 Å². The van der Waals surface area contributed by atoms with E-state index in [4.69, 9.17) is 9.84 Å². The number of hydrogen-bond donors (Lipinski definition) is 1. The average Bonchev–Trinajstić information content (AvgIpc) is 2.48. The van der Waals surface area contributed by atoms with Gasteiger partial charge in [-0.2, -0.15) is 0 Å². The first kappa shape index (κ1) is 9.15. The highest BCUT2D eigenvalue weighted by atomic mass is 32.1. The third-order valence-electron chi connectivity index (χ3n) is 1.19. The topological polar surface area (TPSA) is 59.4 Å². The van der Waals surface area contributed by atoms with Gasteiger partial charge in [0.2, 0.25) is 5.01 Å². The molecule has 0 saturated carbocycles. The van der Waals surface area contributed by atoms with Gasteiger partial charge in [0.15, 0.2) is 0 Å². The Kier molecular flexibility index (Phi) is 3.19. The van der Waals surface area contributed by atoms with E-state index in [1.165, 1.54) is 0 Å². The molecular formula is C7H9NO3S. The Bertz CT molecular complexity index is 271. The fraction of sp³-hybridized carbons (Fsp3) is 0.429. The van der Waals surface area contributed by atoms with Gasteiger partial charge in [-0.05, 0) is 6.92 Å². The molecule has 1 aromatic rings. The van der Waals surface area contributed by atoms with E-state index in [1.807, 2.05) is 6.92 Å². The van der Waals surface area contributed by atoms with Crippen LogP contribution in [-0.2, 0) is 11.3 Å². The molecule has 0 saturated heterocycles. The van der Waals surface area contributed by atoms with Crippen LogP contribution in [0.15, 0.2) is 5.38 Å². The number of carboxylic acid groups (broad SMARTS) is 1. The molecule has 12 heavy (non-hydrogen) atoms. The standard InChI is InChI=1S/C7H9NO3S/c1-2-11-3-5-4-12-6(8-5)7(9)10/h4H,2-3H2,1H3,(H,9,10). The molecule has 5 heteroatoms. The fourth-order valence-electron chi connectivity index (χ4n) is 0.678. The third-order valence-corrected chi connectivity index (χ3v) is 2.07. The van der Waals surface area contributed by atoms with E-state index in [0.29, 0.717) is 18.9 Å². The Morgan fingerprint density at radius 1 is 1.83 bits per heavy atom. The van der Waals surface area contributed by atoms with E-state index >= 15 is 0 Å². The van der Waals surface area contributed by atoms with Gasteiger partial charge in [-0.1, -0.05) is 0 Å². The van der Waals surface area contributed by atoms with Crippen molar-refractivity contribution in [2.24, 2.45) is 0 Å². The Labute approximate surface area is 73.8 Å². The van der Waals surface area contributed by atoms with Gasteiger partial charge in [-0.25, -0.2) is 9.78 Å². The summed E-state index contributed by atoms with van der Waals surface area (Å²) in [4.78, 5) is 14.2. The van der Waals surface area contributed by atoms with Gasteiger partial charge in [-0.15, -0.1) is 11.3 Å². The zero-order chi connectivity index (χ0) is 8.97. The fourth-order valence-corrected chi connectivity index (χ4v) is 1.32. The molecule has 66 valence electrons. The second kappa shape index (κ2) is 4.18. The van der Waals surface area contributed by atoms with Gasteiger partial charge in [0.1, 0.15) is 0 Å². The second-order valence-electron chi connectivity index (χ2n) is 2.09. The van der Waals surface area contributed by atoms with Crippen molar-refractivity contribution in [2.45, 2.75) is 13.5 Å². The normalized spacial score (nSPS) is 10.1. The molecule has 0 bridgehead atoms. The number of hydrogen-bond acceptors (Lipinski definition) is 4. The molecule has 0 aliphatic heterocycles. The molecular weight excluding hydrogens is 178 g/mol. The highest BCUT2D eigenvalue weighted by Crippen LogP contribution is 2.10. The van der Waals surface area contributed by atoms with Crippen molar-refractivity contribution in [3.8, 4) is 0 Å². The molecule has 4 nitrogen and oxygen atoms in total. The van der Waals surface area contributed by atoms with Crippen LogP contribution in [0.25, 0.3) is 0 Å². The Hall–Kier alpha value is -0.940. The van der Waals surface area contributed by atoms with Crippen molar-refractivity contribution in [2.75, 3.05) is 6.61 Å². The Morgan fingerprint density at radius 2 is 2.58 bits per heavy atom. The first-order valence-corrected chi connectivity index (χ1v) is 4.37. The summed E-state index contributed by atoms with van der Waals surface area (Å²) in [5.74, 6) is -0.984. The van der Waals surface area contributed by atoms with Crippen LogP contribution in [0.1, 0.15) is 22.4 Å². The van der Waals surface area contributed by atoms with Crippen molar-refractivity contribution in [3.05, 3.63) is 16.1 Å². The van der Waals surface area contributed by atoms with Gasteiger partial charge in [0.25, 0.3) is 0 Å². The van der Waals surface area contributed by atoms with E-state index in [9.17, 15) is 4.79 Å². The van der Waals surface area contributed by atoms with Crippen molar-refractivity contribution >= 4 is 17.3 Å². The summed E-state index contributed by atoms with van der Waals surface area (Å²) in [6.07, 6.45) is 0. The summed E-state index contributed by atoms with van der Waals surface area (Å²) in [5.41, 5.74) is 0.680. The SMILES string of the molecule is CCOCc1csc(C(=O)O)n1. The lowest BCUT2D eigenvalue weighted by atomic mass is 10.5. The van der Waals surface area contributed by atoms with E-state index < -0.39 is 5.97 Å². The van der Waals surface area contributed by atoms with Gasteiger partial charge >= 0.3 is 5.97 Å². The summed E-state index contributed by atoms with van der Waals surface area (Å²) in [6, 6.07) is 0. The third kappa shape index (κ3) is 2.28. The predicted molar refractivity (Wildman–Crippen MR) is 44.4 cm³/mol. The summed E-state index contributed by atoms with van der Waals surface area (Å²) in [7, 11) is 0. The van der Waals surface area contributed by atoms with Gasteiger partial charge in [0, 0.05) is 12.0 Å². The minimum absolute atomic E-state index is 0.115. The molecule has 0 amide bonds. The number of ether oxygens (including phenoxy) is 1. The Balaban J connectivity index is 2.58. The maximum atomic E-state index is 10.4. The van der Waals surface area contributed by atoms with Crippen LogP contribution >= 0.6 is 11.3 Å². The lowest BCUT2D eigenvalue weighted by Crippen LogP contribution is -1.97. The zero-order valence-electron chi connectivity index (χ0n) is 6.61. The summed E-state index contributed by atoms with van der Waals surface area (Å²) < 4.78 is 5.06. The molecule has 0 aromatic carbocycles. The van der Waals surface area contributed by atoms with Crippen molar-refractivity contribution in [1.82, 2.24) is 4.98 Å². The summed E-state index contributed by atoms with van der Waals surface area (Å²) in [5, 5.41) is 10.3. The molecule has 1 rings (SSSR count). The number of aromatic nitrogens is 1. The molecule has 0 aliphatic rings. The highest BCUT2D eigenvalue weighted by Gasteiger charge is 2.07. The average molecular weight is 187 g/mol. The van der Waals surface area contributed by atoms with E-state index in [0.717, 1.165) is 11.3 Å². The first-order valence-electron chi connectivity index (χ1n) is 3.49. The maximum absolute atomic E-state index is 10.4. The van der Waals surface area contributed by atoms with E-state index in [2.05, 4.69) is 4.98 Å². The zero-order valence-corrected chi connectivity index (χ0v) is 7.43. The lowest BCUT2D eigenvalue weighted by molar-refractivity contribution is 0.0695. The van der Waals surface area contributed by atoms with Crippen LogP contribution in [0.3, 0.4) is 0 Å². The molecule has 1 heterocycles. The quantitative estimate of drug-likeness (QED) is 0.773. The number of rotatable bonds is 4. The molecule has 0 fully saturated rings. The van der Waals surface area contributed by atoms with Crippen LogP contribution < -0.4 is 0 Å². The predicted octanol–water partition coefficient (Wildman–Crippen LogP) is 1.38. The molecule has 1 aromatic heterocycles.